The molecule has 1 unspecified atom stereocenters. The summed E-state index contributed by atoms with van der Waals surface area (Å²) in [7, 11) is 4.28. The Kier molecular flexibility index (Phi) is 6.01. The summed E-state index contributed by atoms with van der Waals surface area (Å²) in [4.78, 5) is 4.78. The Hall–Kier alpha value is -0.910. The summed E-state index contributed by atoms with van der Waals surface area (Å²) in [5.41, 5.74) is 1.01. The van der Waals surface area contributed by atoms with Crippen LogP contribution in [0.3, 0.4) is 0 Å². The zero-order valence-corrected chi connectivity index (χ0v) is 13.1. The molecule has 20 heavy (non-hydrogen) atoms. The summed E-state index contributed by atoms with van der Waals surface area (Å²) in [6.07, 6.45) is 3.72. The van der Waals surface area contributed by atoms with Crippen molar-refractivity contribution < 1.29 is 4.52 Å². The van der Waals surface area contributed by atoms with Gasteiger partial charge in [-0.2, -0.15) is 0 Å². The molecule has 0 spiro atoms. The second-order valence-corrected chi connectivity index (χ2v) is 5.99. The second kappa shape index (κ2) is 7.76. The first kappa shape index (κ1) is 15.5. The highest BCUT2D eigenvalue weighted by Crippen LogP contribution is 2.20. The quantitative estimate of drug-likeness (QED) is 0.734. The summed E-state index contributed by atoms with van der Waals surface area (Å²) in [6, 6.07) is 2.74. The summed E-state index contributed by atoms with van der Waals surface area (Å²) in [6.45, 7) is 7.18. The van der Waals surface area contributed by atoms with E-state index < -0.39 is 0 Å². The Balaban J connectivity index is 1.83. The lowest BCUT2D eigenvalue weighted by Gasteiger charge is -2.25. The number of aromatic nitrogens is 1. The van der Waals surface area contributed by atoms with Gasteiger partial charge in [0.1, 0.15) is 0 Å². The largest absolute Gasteiger partial charge is 0.360 e. The standard InChI is InChI=1S/C15H28N4O/c1-4-7-16-10-13-9-15(20-17-13)12-19-8-5-6-14(19)11-18(2)3/h9,14,16H,4-8,10-12H2,1-3H3. The smallest absolute Gasteiger partial charge is 0.151 e. The van der Waals surface area contributed by atoms with E-state index in [-0.39, 0.29) is 0 Å². The zero-order valence-electron chi connectivity index (χ0n) is 13.1. The fourth-order valence-corrected chi connectivity index (χ4v) is 2.84. The van der Waals surface area contributed by atoms with Crippen molar-refractivity contribution in [3.63, 3.8) is 0 Å². The Morgan fingerprint density at radius 1 is 1.50 bits per heavy atom. The van der Waals surface area contributed by atoms with Gasteiger partial charge < -0.3 is 14.7 Å². The Bertz CT molecular complexity index is 391. The lowest BCUT2D eigenvalue weighted by molar-refractivity contribution is 0.182. The average molecular weight is 280 g/mol. The molecular weight excluding hydrogens is 252 g/mol. The molecule has 1 aliphatic heterocycles. The van der Waals surface area contributed by atoms with Crippen LogP contribution in [0.5, 0.6) is 0 Å². The van der Waals surface area contributed by atoms with E-state index >= 15 is 0 Å². The average Bonchev–Trinajstić information content (AvgIpc) is 3.00. The van der Waals surface area contributed by atoms with Crippen LogP contribution in [-0.2, 0) is 13.1 Å². The van der Waals surface area contributed by atoms with Gasteiger partial charge in [-0.3, -0.25) is 4.90 Å². The second-order valence-electron chi connectivity index (χ2n) is 5.99. The SMILES string of the molecule is CCCNCc1cc(CN2CCCC2CN(C)C)on1. The molecule has 1 aromatic heterocycles. The highest BCUT2D eigenvalue weighted by atomic mass is 16.5. The minimum atomic E-state index is 0.650. The maximum absolute atomic E-state index is 5.47. The molecule has 0 saturated carbocycles. The predicted octanol–water partition coefficient (Wildman–Crippen LogP) is 1.70. The van der Waals surface area contributed by atoms with Crippen LogP contribution in [0.15, 0.2) is 10.6 Å². The molecule has 1 atom stereocenters. The van der Waals surface area contributed by atoms with Gasteiger partial charge in [-0.15, -0.1) is 0 Å². The Morgan fingerprint density at radius 2 is 2.35 bits per heavy atom. The van der Waals surface area contributed by atoms with Gasteiger partial charge in [-0.05, 0) is 46.4 Å². The van der Waals surface area contributed by atoms with Gasteiger partial charge in [0, 0.05) is 25.2 Å². The van der Waals surface area contributed by atoms with E-state index in [0.29, 0.717) is 6.04 Å². The highest BCUT2D eigenvalue weighted by Gasteiger charge is 2.25. The van der Waals surface area contributed by atoms with Crippen LogP contribution in [0.2, 0.25) is 0 Å². The van der Waals surface area contributed by atoms with Crippen LogP contribution in [0.25, 0.3) is 0 Å². The van der Waals surface area contributed by atoms with E-state index in [9.17, 15) is 0 Å². The van der Waals surface area contributed by atoms with Crippen molar-refractivity contribution in [2.45, 2.75) is 45.3 Å². The molecule has 0 aliphatic carbocycles. The van der Waals surface area contributed by atoms with E-state index in [2.05, 4.69) is 47.4 Å². The number of hydrogen-bond donors (Lipinski definition) is 1. The molecule has 1 aliphatic rings. The van der Waals surface area contributed by atoms with Crippen molar-refractivity contribution in [2.24, 2.45) is 0 Å². The molecule has 2 rings (SSSR count). The molecule has 1 aromatic rings. The normalized spacial score (nSPS) is 20.1. The Labute approximate surface area is 122 Å². The lowest BCUT2D eigenvalue weighted by Crippen LogP contribution is -2.36. The van der Waals surface area contributed by atoms with Crippen molar-refractivity contribution in [3.05, 3.63) is 17.5 Å². The van der Waals surface area contributed by atoms with Crippen LogP contribution in [-0.4, -0.2) is 54.7 Å². The zero-order chi connectivity index (χ0) is 14.4. The number of hydrogen-bond acceptors (Lipinski definition) is 5. The lowest BCUT2D eigenvalue weighted by atomic mass is 10.2. The first-order chi connectivity index (χ1) is 9.69. The summed E-state index contributed by atoms with van der Waals surface area (Å²) >= 11 is 0. The number of rotatable bonds is 8. The fourth-order valence-electron chi connectivity index (χ4n) is 2.84. The van der Waals surface area contributed by atoms with Crippen LogP contribution in [0.4, 0.5) is 0 Å². The summed E-state index contributed by atoms with van der Waals surface area (Å²) < 4.78 is 5.47. The van der Waals surface area contributed by atoms with Gasteiger partial charge in [0.15, 0.2) is 5.76 Å². The van der Waals surface area contributed by atoms with E-state index in [1.54, 1.807) is 0 Å². The summed E-state index contributed by atoms with van der Waals surface area (Å²) in [5.74, 6) is 0.990. The highest BCUT2D eigenvalue weighted by molar-refractivity contribution is 5.05. The molecule has 2 heterocycles. The minimum Gasteiger partial charge on any atom is -0.360 e. The van der Waals surface area contributed by atoms with Gasteiger partial charge in [0.25, 0.3) is 0 Å². The van der Waals surface area contributed by atoms with Crippen LogP contribution >= 0.6 is 0 Å². The molecule has 114 valence electrons. The summed E-state index contributed by atoms with van der Waals surface area (Å²) in [5, 5.41) is 7.49. The molecular formula is C15H28N4O. The molecule has 0 aromatic carbocycles. The van der Waals surface area contributed by atoms with Gasteiger partial charge >= 0.3 is 0 Å². The topological polar surface area (TPSA) is 44.5 Å². The van der Waals surface area contributed by atoms with Crippen molar-refractivity contribution >= 4 is 0 Å². The first-order valence-electron chi connectivity index (χ1n) is 7.73. The van der Waals surface area contributed by atoms with Crippen molar-refractivity contribution in [3.8, 4) is 0 Å². The van der Waals surface area contributed by atoms with Crippen molar-refractivity contribution in [1.29, 1.82) is 0 Å². The Morgan fingerprint density at radius 3 is 3.10 bits per heavy atom. The molecule has 1 saturated heterocycles. The number of nitrogens with zero attached hydrogens (tertiary/aromatic N) is 3. The molecule has 0 bridgehead atoms. The maximum Gasteiger partial charge on any atom is 0.151 e. The predicted molar refractivity (Wildman–Crippen MR) is 80.5 cm³/mol. The number of nitrogens with one attached hydrogen (secondary N) is 1. The van der Waals surface area contributed by atoms with Crippen LogP contribution in [0.1, 0.15) is 37.6 Å². The van der Waals surface area contributed by atoms with Gasteiger partial charge in [-0.25, -0.2) is 0 Å². The molecule has 1 N–H and O–H groups in total. The van der Waals surface area contributed by atoms with Crippen molar-refractivity contribution in [2.75, 3.05) is 33.7 Å². The molecule has 5 heteroatoms. The van der Waals surface area contributed by atoms with Crippen LogP contribution in [0, 0.1) is 0 Å². The minimum absolute atomic E-state index is 0.650. The van der Waals surface area contributed by atoms with Gasteiger partial charge in [-0.1, -0.05) is 12.1 Å². The molecule has 0 amide bonds. The van der Waals surface area contributed by atoms with E-state index in [4.69, 9.17) is 4.52 Å². The third-order valence-electron chi connectivity index (χ3n) is 3.77. The third kappa shape index (κ3) is 4.58. The number of likely N-dealkylation sites (N-methyl/N-ethyl adjacent to an activating group) is 1. The van der Waals surface area contributed by atoms with E-state index in [0.717, 1.165) is 44.1 Å². The fraction of sp³-hybridized carbons (Fsp3) is 0.800. The molecule has 5 nitrogen and oxygen atoms in total. The van der Waals surface area contributed by atoms with E-state index in [1.165, 1.54) is 19.4 Å². The molecule has 1 fully saturated rings. The monoisotopic (exact) mass is 280 g/mol. The first-order valence-corrected chi connectivity index (χ1v) is 7.73. The van der Waals surface area contributed by atoms with Crippen molar-refractivity contribution in [1.82, 2.24) is 20.3 Å². The number of likely N-dealkylation sites (tertiary alicyclic amines) is 1. The van der Waals surface area contributed by atoms with Crippen LogP contribution < -0.4 is 5.32 Å². The van der Waals surface area contributed by atoms with Gasteiger partial charge in [0.2, 0.25) is 0 Å². The maximum atomic E-state index is 5.47. The van der Waals surface area contributed by atoms with Gasteiger partial charge in [0.05, 0.1) is 12.2 Å². The van der Waals surface area contributed by atoms with E-state index in [1.807, 2.05) is 0 Å². The third-order valence-corrected chi connectivity index (χ3v) is 3.77. The molecule has 0 radical (unpaired) electrons.